The molecule has 1 rings (SSSR count). The summed E-state index contributed by atoms with van der Waals surface area (Å²) in [6.07, 6.45) is 1.82. The summed E-state index contributed by atoms with van der Waals surface area (Å²) in [5, 5.41) is 3.26. The van der Waals surface area contributed by atoms with Crippen LogP contribution in [0.2, 0.25) is 0 Å². The van der Waals surface area contributed by atoms with Gasteiger partial charge in [0.25, 0.3) is 0 Å². The van der Waals surface area contributed by atoms with E-state index in [1.54, 1.807) is 0 Å². The molecule has 0 aliphatic rings. The van der Waals surface area contributed by atoms with Crippen LogP contribution in [-0.4, -0.2) is 25.5 Å². The summed E-state index contributed by atoms with van der Waals surface area (Å²) < 4.78 is 5.39. The van der Waals surface area contributed by atoms with Crippen LogP contribution in [0.1, 0.15) is 18.2 Å². The van der Waals surface area contributed by atoms with Gasteiger partial charge in [-0.15, -0.1) is 0 Å². The zero-order valence-corrected chi connectivity index (χ0v) is 8.63. The molecule has 13 heavy (non-hydrogen) atoms. The van der Waals surface area contributed by atoms with Crippen molar-refractivity contribution in [2.75, 3.05) is 20.6 Å². The Kier molecular flexibility index (Phi) is 3.99. The molecule has 0 fully saturated rings. The molecule has 0 amide bonds. The summed E-state index contributed by atoms with van der Waals surface area (Å²) in [5.41, 5.74) is 1.22. The normalized spacial score (nSPS) is 11.1. The van der Waals surface area contributed by atoms with Crippen LogP contribution in [-0.2, 0) is 13.1 Å². The largest absolute Gasteiger partial charge is 0.468 e. The van der Waals surface area contributed by atoms with Gasteiger partial charge >= 0.3 is 0 Å². The Labute approximate surface area is 79.7 Å². The smallest absolute Gasteiger partial charge is 0.118 e. The number of rotatable bonds is 5. The lowest BCUT2D eigenvalue weighted by Crippen LogP contribution is -2.11. The second-order valence-electron chi connectivity index (χ2n) is 3.44. The standard InChI is InChI=1S/C10H18N2O/c1-4-11-6-9-5-10(13-8-9)7-12(2)3/h5,8,11H,4,6-7H2,1-3H3. The van der Waals surface area contributed by atoms with Crippen molar-refractivity contribution in [3.05, 3.63) is 23.7 Å². The third-order valence-electron chi connectivity index (χ3n) is 1.76. The molecule has 0 bridgehead atoms. The summed E-state index contributed by atoms with van der Waals surface area (Å²) in [6, 6.07) is 2.10. The maximum Gasteiger partial charge on any atom is 0.118 e. The molecule has 0 saturated heterocycles. The average molecular weight is 182 g/mol. The predicted molar refractivity (Wildman–Crippen MR) is 53.5 cm³/mol. The molecule has 0 radical (unpaired) electrons. The van der Waals surface area contributed by atoms with E-state index in [0.717, 1.165) is 25.4 Å². The van der Waals surface area contributed by atoms with Gasteiger partial charge < -0.3 is 14.6 Å². The van der Waals surface area contributed by atoms with Crippen LogP contribution in [0.15, 0.2) is 16.7 Å². The highest BCUT2D eigenvalue weighted by molar-refractivity contribution is 5.12. The van der Waals surface area contributed by atoms with Gasteiger partial charge in [0.05, 0.1) is 12.8 Å². The number of hydrogen-bond donors (Lipinski definition) is 1. The highest BCUT2D eigenvalue weighted by Gasteiger charge is 2.01. The molecular weight excluding hydrogens is 164 g/mol. The fraction of sp³-hybridized carbons (Fsp3) is 0.600. The van der Waals surface area contributed by atoms with E-state index < -0.39 is 0 Å². The van der Waals surface area contributed by atoms with Crippen LogP contribution >= 0.6 is 0 Å². The van der Waals surface area contributed by atoms with Gasteiger partial charge in [0.1, 0.15) is 5.76 Å². The second-order valence-corrected chi connectivity index (χ2v) is 3.44. The SMILES string of the molecule is CCNCc1coc(CN(C)C)c1. The quantitative estimate of drug-likeness (QED) is 0.747. The van der Waals surface area contributed by atoms with Crippen molar-refractivity contribution in [3.8, 4) is 0 Å². The van der Waals surface area contributed by atoms with E-state index in [1.807, 2.05) is 20.4 Å². The first-order chi connectivity index (χ1) is 6.22. The fourth-order valence-corrected chi connectivity index (χ4v) is 1.18. The van der Waals surface area contributed by atoms with Gasteiger partial charge in [-0.3, -0.25) is 0 Å². The Bertz CT molecular complexity index is 243. The molecule has 74 valence electrons. The van der Waals surface area contributed by atoms with Gasteiger partial charge in [-0.1, -0.05) is 6.92 Å². The van der Waals surface area contributed by atoms with Crippen molar-refractivity contribution in [1.82, 2.24) is 10.2 Å². The Morgan fingerprint density at radius 1 is 1.46 bits per heavy atom. The zero-order valence-electron chi connectivity index (χ0n) is 8.63. The fourth-order valence-electron chi connectivity index (χ4n) is 1.18. The lowest BCUT2D eigenvalue weighted by atomic mass is 10.3. The summed E-state index contributed by atoms with van der Waals surface area (Å²) in [5.74, 6) is 1.03. The van der Waals surface area contributed by atoms with Crippen LogP contribution in [0, 0.1) is 0 Å². The van der Waals surface area contributed by atoms with Gasteiger partial charge in [-0.2, -0.15) is 0 Å². The highest BCUT2D eigenvalue weighted by Crippen LogP contribution is 2.08. The third kappa shape index (κ3) is 3.61. The van der Waals surface area contributed by atoms with Gasteiger partial charge in [0.15, 0.2) is 0 Å². The molecule has 0 aliphatic heterocycles. The predicted octanol–water partition coefficient (Wildman–Crippen LogP) is 1.45. The summed E-state index contributed by atoms with van der Waals surface area (Å²) >= 11 is 0. The van der Waals surface area contributed by atoms with E-state index in [4.69, 9.17) is 4.42 Å². The highest BCUT2D eigenvalue weighted by atomic mass is 16.3. The van der Waals surface area contributed by atoms with Gasteiger partial charge in [-0.05, 0) is 26.7 Å². The van der Waals surface area contributed by atoms with E-state index in [-0.39, 0.29) is 0 Å². The maximum atomic E-state index is 5.39. The summed E-state index contributed by atoms with van der Waals surface area (Å²) in [6.45, 7) is 4.86. The van der Waals surface area contributed by atoms with Gasteiger partial charge in [0.2, 0.25) is 0 Å². The first kappa shape index (κ1) is 10.3. The Hall–Kier alpha value is -0.800. The lowest BCUT2D eigenvalue weighted by molar-refractivity contribution is 0.350. The van der Waals surface area contributed by atoms with Crippen LogP contribution in [0.4, 0.5) is 0 Å². The van der Waals surface area contributed by atoms with Crippen molar-refractivity contribution < 1.29 is 4.42 Å². The Morgan fingerprint density at radius 3 is 2.85 bits per heavy atom. The number of furan rings is 1. The average Bonchev–Trinajstić information content (AvgIpc) is 2.48. The van der Waals surface area contributed by atoms with Gasteiger partial charge in [-0.25, -0.2) is 0 Å². The van der Waals surface area contributed by atoms with E-state index >= 15 is 0 Å². The lowest BCUT2D eigenvalue weighted by Gasteiger charge is -2.04. The minimum atomic E-state index is 0.867. The molecule has 0 aromatic carbocycles. The molecule has 0 aliphatic carbocycles. The van der Waals surface area contributed by atoms with Crippen LogP contribution in [0.25, 0.3) is 0 Å². The van der Waals surface area contributed by atoms with Crippen molar-refractivity contribution >= 4 is 0 Å². The van der Waals surface area contributed by atoms with Crippen molar-refractivity contribution in [2.24, 2.45) is 0 Å². The van der Waals surface area contributed by atoms with Crippen molar-refractivity contribution in [3.63, 3.8) is 0 Å². The van der Waals surface area contributed by atoms with E-state index in [1.165, 1.54) is 5.56 Å². The Balaban J connectivity index is 2.44. The molecule has 1 aromatic heterocycles. The van der Waals surface area contributed by atoms with Gasteiger partial charge in [0, 0.05) is 12.1 Å². The van der Waals surface area contributed by atoms with E-state index in [2.05, 4.69) is 23.2 Å². The van der Waals surface area contributed by atoms with Crippen molar-refractivity contribution in [1.29, 1.82) is 0 Å². The second kappa shape index (κ2) is 5.04. The molecule has 1 N–H and O–H groups in total. The van der Waals surface area contributed by atoms with Crippen LogP contribution in [0.5, 0.6) is 0 Å². The third-order valence-corrected chi connectivity index (χ3v) is 1.76. The molecule has 3 nitrogen and oxygen atoms in total. The number of hydrogen-bond acceptors (Lipinski definition) is 3. The molecule has 0 unspecified atom stereocenters. The minimum Gasteiger partial charge on any atom is -0.468 e. The van der Waals surface area contributed by atoms with E-state index in [9.17, 15) is 0 Å². The molecule has 3 heteroatoms. The molecule has 0 atom stereocenters. The number of nitrogens with zero attached hydrogens (tertiary/aromatic N) is 1. The van der Waals surface area contributed by atoms with Crippen LogP contribution in [0.3, 0.4) is 0 Å². The topological polar surface area (TPSA) is 28.4 Å². The summed E-state index contributed by atoms with van der Waals surface area (Å²) in [7, 11) is 4.07. The minimum absolute atomic E-state index is 0.867. The monoisotopic (exact) mass is 182 g/mol. The summed E-state index contributed by atoms with van der Waals surface area (Å²) in [4.78, 5) is 2.09. The van der Waals surface area contributed by atoms with Crippen LogP contribution < -0.4 is 5.32 Å². The van der Waals surface area contributed by atoms with E-state index in [0.29, 0.717) is 0 Å². The molecule has 0 saturated carbocycles. The Morgan fingerprint density at radius 2 is 2.23 bits per heavy atom. The molecule has 1 heterocycles. The van der Waals surface area contributed by atoms with Crippen molar-refractivity contribution in [2.45, 2.75) is 20.0 Å². The molecule has 0 spiro atoms. The molecular formula is C10H18N2O. The maximum absolute atomic E-state index is 5.39. The molecule has 1 aromatic rings. The zero-order chi connectivity index (χ0) is 9.68. The number of nitrogens with one attached hydrogen (secondary N) is 1. The first-order valence-electron chi connectivity index (χ1n) is 4.64. The first-order valence-corrected chi connectivity index (χ1v) is 4.64.